The van der Waals surface area contributed by atoms with Gasteiger partial charge in [0, 0.05) is 32.1 Å². The highest BCUT2D eigenvalue weighted by Crippen LogP contribution is 2.39. The van der Waals surface area contributed by atoms with Crippen molar-refractivity contribution < 1.29 is 0 Å². The Hall–Kier alpha value is -1.32. The van der Waals surface area contributed by atoms with Gasteiger partial charge in [0.15, 0.2) is 0 Å². The first kappa shape index (κ1) is 10.8. The second kappa shape index (κ2) is 4.51. The van der Waals surface area contributed by atoms with Crippen molar-refractivity contribution in [3.05, 3.63) is 11.9 Å². The summed E-state index contributed by atoms with van der Waals surface area (Å²) in [4.78, 5) is 11.7. The number of aromatic nitrogens is 2. The number of hydrogen-bond acceptors (Lipinski definition) is 4. The molecule has 0 bridgehead atoms. The molecule has 0 amide bonds. The highest BCUT2D eigenvalue weighted by molar-refractivity contribution is 5.50. The van der Waals surface area contributed by atoms with E-state index in [1.54, 1.807) is 0 Å². The van der Waals surface area contributed by atoms with Crippen LogP contribution in [0.1, 0.15) is 43.8 Å². The molecule has 1 aliphatic heterocycles. The Kier molecular flexibility index (Phi) is 2.87. The minimum atomic E-state index is 0.617. The summed E-state index contributed by atoms with van der Waals surface area (Å²) in [5.74, 6) is 3.73. The molecule has 1 saturated heterocycles. The van der Waals surface area contributed by atoms with E-state index in [2.05, 4.69) is 21.3 Å². The third kappa shape index (κ3) is 2.35. The van der Waals surface area contributed by atoms with Crippen molar-refractivity contribution in [1.29, 1.82) is 0 Å². The van der Waals surface area contributed by atoms with Crippen LogP contribution in [0.5, 0.6) is 0 Å². The number of anilines is 2. The van der Waals surface area contributed by atoms with Gasteiger partial charge in [-0.3, -0.25) is 0 Å². The molecule has 92 valence electrons. The quantitative estimate of drug-likeness (QED) is 0.868. The average molecular weight is 232 g/mol. The van der Waals surface area contributed by atoms with Crippen LogP contribution in [-0.2, 0) is 0 Å². The first-order chi connectivity index (χ1) is 8.36. The molecule has 0 unspecified atom stereocenters. The van der Waals surface area contributed by atoms with Crippen LogP contribution in [0.25, 0.3) is 0 Å². The Balaban J connectivity index is 1.88. The van der Waals surface area contributed by atoms with Gasteiger partial charge in [-0.1, -0.05) is 0 Å². The molecule has 1 aromatic heterocycles. The largest absolute Gasteiger partial charge is 0.373 e. The van der Waals surface area contributed by atoms with Crippen molar-refractivity contribution in [3.8, 4) is 0 Å². The maximum absolute atomic E-state index is 4.74. The monoisotopic (exact) mass is 232 g/mol. The third-order valence-corrected chi connectivity index (χ3v) is 3.61. The number of hydrogen-bond donors (Lipinski definition) is 1. The van der Waals surface area contributed by atoms with Crippen LogP contribution in [0.3, 0.4) is 0 Å². The van der Waals surface area contributed by atoms with Gasteiger partial charge < -0.3 is 10.2 Å². The van der Waals surface area contributed by atoms with E-state index in [9.17, 15) is 0 Å². The van der Waals surface area contributed by atoms with Crippen LogP contribution in [0, 0.1) is 0 Å². The van der Waals surface area contributed by atoms with Gasteiger partial charge >= 0.3 is 0 Å². The fraction of sp³-hybridized carbons (Fsp3) is 0.692. The zero-order chi connectivity index (χ0) is 11.7. The summed E-state index contributed by atoms with van der Waals surface area (Å²) in [7, 11) is 1.93. The molecule has 1 N–H and O–H groups in total. The van der Waals surface area contributed by atoms with Crippen LogP contribution >= 0.6 is 0 Å². The minimum absolute atomic E-state index is 0.617. The molecule has 1 aromatic rings. The van der Waals surface area contributed by atoms with E-state index in [-0.39, 0.29) is 0 Å². The van der Waals surface area contributed by atoms with Crippen molar-refractivity contribution in [3.63, 3.8) is 0 Å². The van der Waals surface area contributed by atoms with Gasteiger partial charge in [-0.25, -0.2) is 9.97 Å². The predicted molar refractivity (Wildman–Crippen MR) is 69.6 cm³/mol. The summed E-state index contributed by atoms with van der Waals surface area (Å²) >= 11 is 0. The van der Waals surface area contributed by atoms with Crippen molar-refractivity contribution in [2.24, 2.45) is 0 Å². The van der Waals surface area contributed by atoms with E-state index in [4.69, 9.17) is 4.98 Å². The van der Waals surface area contributed by atoms with Gasteiger partial charge in [0.25, 0.3) is 0 Å². The molecule has 0 aromatic carbocycles. The second-order valence-corrected chi connectivity index (χ2v) is 5.04. The standard InChI is InChI=1S/C13H20N4/c1-14-11-9-12(17-7-3-2-4-8-17)16-13(15-11)10-5-6-10/h9-10H,2-8H2,1H3,(H,14,15,16). The number of nitrogens with zero attached hydrogens (tertiary/aromatic N) is 3. The number of rotatable bonds is 3. The topological polar surface area (TPSA) is 41.0 Å². The first-order valence-corrected chi connectivity index (χ1v) is 6.68. The van der Waals surface area contributed by atoms with Gasteiger partial charge in [0.05, 0.1) is 0 Å². The van der Waals surface area contributed by atoms with Gasteiger partial charge in [0.2, 0.25) is 0 Å². The minimum Gasteiger partial charge on any atom is -0.373 e. The molecule has 1 aliphatic carbocycles. The Morgan fingerprint density at radius 2 is 1.94 bits per heavy atom. The molecule has 2 heterocycles. The van der Waals surface area contributed by atoms with Crippen LogP contribution in [-0.4, -0.2) is 30.1 Å². The molecule has 4 nitrogen and oxygen atoms in total. The van der Waals surface area contributed by atoms with Gasteiger partial charge in [-0.15, -0.1) is 0 Å². The lowest BCUT2D eigenvalue weighted by molar-refractivity contribution is 0.572. The van der Waals surface area contributed by atoms with Crippen molar-refractivity contribution in [2.45, 2.75) is 38.0 Å². The molecule has 2 aliphatic rings. The zero-order valence-corrected chi connectivity index (χ0v) is 10.4. The van der Waals surface area contributed by atoms with E-state index in [1.807, 2.05) is 7.05 Å². The van der Waals surface area contributed by atoms with E-state index in [0.717, 1.165) is 30.5 Å². The van der Waals surface area contributed by atoms with Crippen LogP contribution in [0.4, 0.5) is 11.6 Å². The van der Waals surface area contributed by atoms with Crippen LogP contribution in [0.15, 0.2) is 6.07 Å². The maximum Gasteiger partial charge on any atom is 0.136 e. The summed E-state index contributed by atoms with van der Waals surface area (Å²) in [6.07, 6.45) is 6.45. The molecular formula is C13H20N4. The lowest BCUT2D eigenvalue weighted by Crippen LogP contribution is -2.30. The average Bonchev–Trinajstić information content (AvgIpc) is 3.23. The first-order valence-electron chi connectivity index (χ1n) is 6.68. The highest BCUT2D eigenvalue weighted by atomic mass is 15.2. The summed E-state index contributed by atoms with van der Waals surface area (Å²) in [5.41, 5.74) is 0. The fourth-order valence-corrected chi connectivity index (χ4v) is 2.39. The lowest BCUT2D eigenvalue weighted by atomic mass is 10.1. The van der Waals surface area contributed by atoms with Gasteiger partial charge in [0.1, 0.15) is 17.5 Å². The van der Waals surface area contributed by atoms with Crippen molar-refractivity contribution in [2.75, 3.05) is 30.4 Å². The molecule has 2 fully saturated rings. The van der Waals surface area contributed by atoms with E-state index in [1.165, 1.54) is 32.1 Å². The molecule has 0 atom stereocenters. The van der Waals surface area contributed by atoms with Crippen LogP contribution < -0.4 is 10.2 Å². The van der Waals surface area contributed by atoms with E-state index < -0.39 is 0 Å². The van der Waals surface area contributed by atoms with Crippen LogP contribution in [0.2, 0.25) is 0 Å². The zero-order valence-electron chi connectivity index (χ0n) is 10.4. The predicted octanol–water partition coefficient (Wildman–Crippen LogP) is 2.39. The Morgan fingerprint density at radius 3 is 2.59 bits per heavy atom. The van der Waals surface area contributed by atoms with Crippen molar-refractivity contribution in [1.82, 2.24) is 9.97 Å². The highest BCUT2D eigenvalue weighted by Gasteiger charge is 2.28. The Bertz CT molecular complexity index is 394. The number of piperidine rings is 1. The maximum atomic E-state index is 4.74. The van der Waals surface area contributed by atoms with Crippen molar-refractivity contribution >= 4 is 11.6 Å². The molecule has 3 rings (SSSR count). The summed E-state index contributed by atoms with van der Waals surface area (Å²) in [5, 5.41) is 3.15. The molecular weight excluding hydrogens is 212 g/mol. The summed E-state index contributed by atoms with van der Waals surface area (Å²) < 4.78 is 0. The SMILES string of the molecule is CNc1cc(N2CCCCC2)nc(C2CC2)n1. The van der Waals surface area contributed by atoms with E-state index >= 15 is 0 Å². The lowest BCUT2D eigenvalue weighted by Gasteiger charge is -2.28. The Labute approximate surface area is 102 Å². The van der Waals surface area contributed by atoms with Gasteiger partial charge in [-0.2, -0.15) is 0 Å². The fourth-order valence-electron chi connectivity index (χ4n) is 2.39. The molecule has 0 radical (unpaired) electrons. The molecule has 17 heavy (non-hydrogen) atoms. The normalized spacial score (nSPS) is 20.4. The third-order valence-electron chi connectivity index (χ3n) is 3.61. The molecule has 0 spiro atoms. The second-order valence-electron chi connectivity index (χ2n) is 5.04. The molecule has 4 heteroatoms. The van der Waals surface area contributed by atoms with Gasteiger partial charge in [-0.05, 0) is 32.1 Å². The summed E-state index contributed by atoms with van der Waals surface area (Å²) in [6, 6.07) is 2.08. The molecule has 1 saturated carbocycles. The summed E-state index contributed by atoms with van der Waals surface area (Å²) in [6.45, 7) is 2.29. The Morgan fingerprint density at radius 1 is 1.18 bits per heavy atom. The number of nitrogens with one attached hydrogen (secondary N) is 1. The smallest absolute Gasteiger partial charge is 0.136 e. The van der Waals surface area contributed by atoms with E-state index in [0.29, 0.717) is 5.92 Å².